The fourth-order valence-electron chi connectivity index (χ4n) is 2.18. The molecule has 1 aliphatic rings. The highest BCUT2D eigenvalue weighted by Crippen LogP contribution is 2.32. The Hall–Kier alpha value is -0.550. The first-order valence-corrected chi connectivity index (χ1v) is 7.70. The maximum absolute atomic E-state index is 6.15. The van der Waals surface area contributed by atoms with Crippen LogP contribution in [0, 0.1) is 0 Å². The Morgan fingerprint density at radius 3 is 2.95 bits per heavy atom. The second-order valence-corrected chi connectivity index (χ2v) is 6.15. The van der Waals surface area contributed by atoms with Gasteiger partial charge in [0.05, 0.1) is 4.47 Å². The van der Waals surface area contributed by atoms with Gasteiger partial charge < -0.3 is 10.1 Å². The van der Waals surface area contributed by atoms with Gasteiger partial charge in [-0.25, -0.2) is 0 Å². The lowest BCUT2D eigenvalue weighted by Crippen LogP contribution is -2.23. The van der Waals surface area contributed by atoms with Gasteiger partial charge in [0, 0.05) is 23.5 Å². The van der Waals surface area contributed by atoms with Gasteiger partial charge in [0.15, 0.2) is 0 Å². The zero-order valence-electron chi connectivity index (χ0n) is 10.3. The van der Waals surface area contributed by atoms with E-state index >= 15 is 0 Å². The summed E-state index contributed by atoms with van der Waals surface area (Å²) in [6.07, 6.45) is 1.20. The molecule has 0 radical (unpaired) electrons. The van der Waals surface area contributed by atoms with Crippen LogP contribution in [0.4, 0.5) is 0 Å². The van der Waals surface area contributed by atoms with E-state index < -0.39 is 0 Å². The van der Waals surface area contributed by atoms with Gasteiger partial charge in [0.25, 0.3) is 0 Å². The first-order chi connectivity index (χ1) is 8.84. The van der Waals surface area contributed by atoms with Crippen LogP contribution in [0.2, 0.25) is 0 Å². The molecule has 0 saturated heterocycles. The highest BCUT2D eigenvalue weighted by Gasteiger charge is 2.21. The van der Waals surface area contributed by atoms with E-state index in [4.69, 9.17) is 4.74 Å². The molecule has 102 valence electrons. The Morgan fingerprint density at radius 1 is 1.26 bits per heavy atom. The molecule has 1 aromatic heterocycles. The minimum absolute atomic E-state index is 0. The van der Waals surface area contributed by atoms with Crippen LogP contribution in [0.15, 0.2) is 40.2 Å². The number of rotatable bonds is 2. The fraction of sp³-hybridized carbons (Fsp3) is 0.286. The molecule has 1 N–H and O–H groups in total. The van der Waals surface area contributed by atoms with Crippen molar-refractivity contribution in [3.8, 4) is 5.75 Å². The fourth-order valence-corrected chi connectivity index (χ4v) is 3.50. The number of thiophene rings is 1. The Morgan fingerprint density at radius 2 is 2.11 bits per heavy atom. The van der Waals surface area contributed by atoms with Crippen LogP contribution >= 0.6 is 39.7 Å². The number of fused-ring (bicyclic) bond motifs is 1. The number of hydrogen-bond acceptors (Lipinski definition) is 3. The monoisotopic (exact) mass is 359 g/mol. The van der Waals surface area contributed by atoms with Gasteiger partial charge in [-0.1, -0.05) is 12.1 Å². The summed E-state index contributed by atoms with van der Waals surface area (Å²) in [6.45, 7) is 1.90. The van der Waals surface area contributed by atoms with Crippen LogP contribution in [0.25, 0.3) is 0 Å². The third kappa shape index (κ3) is 3.31. The van der Waals surface area contributed by atoms with Gasteiger partial charge in [-0.05, 0) is 45.9 Å². The lowest BCUT2D eigenvalue weighted by Gasteiger charge is -2.18. The molecule has 5 heteroatoms. The van der Waals surface area contributed by atoms with E-state index in [1.165, 1.54) is 10.4 Å². The summed E-state index contributed by atoms with van der Waals surface area (Å²) in [5, 5.41) is 5.60. The van der Waals surface area contributed by atoms with Crippen LogP contribution in [0.5, 0.6) is 5.75 Å². The highest BCUT2D eigenvalue weighted by molar-refractivity contribution is 9.10. The molecule has 0 spiro atoms. The molecule has 0 fully saturated rings. The summed E-state index contributed by atoms with van der Waals surface area (Å²) >= 11 is 5.36. The van der Waals surface area contributed by atoms with E-state index in [1.807, 2.05) is 35.6 Å². The second kappa shape index (κ2) is 6.75. The van der Waals surface area contributed by atoms with Crippen molar-refractivity contribution in [2.24, 2.45) is 0 Å². The van der Waals surface area contributed by atoms with Crippen LogP contribution in [0.1, 0.15) is 16.5 Å². The number of halogens is 2. The van der Waals surface area contributed by atoms with Gasteiger partial charge in [-0.2, -0.15) is 0 Å². The van der Waals surface area contributed by atoms with Crippen molar-refractivity contribution in [2.75, 3.05) is 13.1 Å². The molecule has 0 aliphatic carbocycles. The number of para-hydroxylation sites is 1. The number of benzene rings is 1. The smallest absolute Gasteiger partial charge is 0.137 e. The summed E-state index contributed by atoms with van der Waals surface area (Å²) in [4.78, 5) is 1.44. The summed E-state index contributed by atoms with van der Waals surface area (Å²) in [5.41, 5.74) is 1.33. The molecule has 0 amide bonds. The van der Waals surface area contributed by atoms with E-state index in [1.54, 1.807) is 0 Å². The summed E-state index contributed by atoms with van der Waals surface area (Å²) < 4.78 is 7.15. The van der Waals surface area contributed by atoms with Crippen LogP contribution in [0.3, 0.4) is 0 Å². The standard InChI is InChI=1S/C14H14BrNOS.ClH/c15-11-3-1-2-4-12(11)17-13-9-16-7-5-14-10(13)6-8-18-14;/h1-4,6,8,13,16H,5,7,9H2;1H. The molecule has 1 aliphatic heterocycles. The molecule has 1 unspecified atom stereocenters. The van der Waals surface area contributed by atoms with Crippen molar-refractivity contribution in [3.63, 3.8) is 0 Å². The van der Waals surface area contributed by atoms with Gasteiger partial charge in [-0.15, -0.1) is 23.7 Å². The van der Waals surface area contributed by atoms with Gasteiger partial charge in [0.1, 0.15) is 11.9 Å². The molecule has 3 rings (SSSR count). The summed E-state index contributed by atoms with van der Waals surface area (Å²) in [5.74, 6) is 0.906. The lowest BCUT2D eigenvalue weighted by atomic mass is 10.1. The van der Waals surface area contributed by atoms with Crippen LogP contribution in [-0.4, -0.2) is 13.1 Å². The van der Waals surface area contributed by atoms with E-state index in [-0.39, 0.29) is 18.5 Å². The molecule has 2 nitrogen and oxygen atoms in total. The quantitative estimate of drug-likeness (QED) is 0.866. The topological polar surface area (TPSA) is 21.3 Å². The number of ether oxygens (including phenoxy) is 1. The third-order valence-electron chi connectivity index (χ3n) is 3.09. The van der Waals surface area contributed by atoms with Crippen molar-refractivity contribution < 1.29 is 4.74 Å². The van der Waals surface area contributed by atoms with E-state index in [0.717, 1.165) is 29.7 Å². The van der Waals surface area contributed by atoms with Crippen LogP contribution < -0.4 is 10.1 Å². The van der Waals surface area contributed by atoms with Crippen molar-refractivity contribution in [1.82, 2.24) is 5.32 Å². The molecule has 2 heterocycles. The number of hydrogen-bond donors (Lipinski definition) is 1. The predicted molar refractivity (Wildman–Crippen MR) is 85.7 cm³/mol. The lowest BCUT2D eigenvalue weighted by molar-refractivity contribution is 0.204. The Balaban J connectivity index is 0.00000133. The molecule has 0 bridgehead atoms. The summed E-state index contributed by atoms with van der Waals surface area (Å²) in [7, 11) is 0. The zero-order chi connectivity index (χ0) is 12.4. The van der Waals surface area contributed by atoms with Crippen molar-refractivity contribution in [3.05, 3.63) is 50.6 Å². The van der Waals surface area contributed by atoms with Gasteiger partial charge in [0.2, 0.25) is 0 Å². The van der Waals surface area contributed by atoms with Gasteiger partial charge in [-0.3, -0.25) is 0 Å². The average Bonchev–Trinajstić information content (AvgIpc) is 2.76. The molecular weight excluding hydrogens is 346 g/mol. The molecule has 1 atom stereocenters. The van der Waals surface area contributed by atoms with Crippen molar-refractivity contribution in [2.45, 2.75) is 12.5 Å². The van der Waals surface area contributed by atoms with E-state index in [9.17, 15) is 0 Å². The summed E-state index contributed by atoms with van der Waals surface area (Å²) in [6, 6.07) is 10.2. The first kappa shape index (κ1) is 14.9. The first-order valence-electron chi connectivity index (χ1n) is 6.03. The Labute approximate surface area is 131 Å². The zero-order valence-corrected chi connectivity index (χ0v) is 13.5. The minimum atomic E-state index is 0. The molecule has 0 saturated carbocycles. The average molecular weight is 361 g/mol. The third-order valence-corrected chi connectivity index (χ3v) is 4.74. The van der Waals surface area contributed by atoms with Crippen molar-refractivity contribution in [1.29, 1.82) is 0 Å². The Kier molecular flexibility index (Phi) is 5.28. The maximum atomic E-state index is 6.15. The van der Waals surface area contributed by atoms with Gasteiger partial charge >= 0.3 is 0 Å². The van der Waals surface area contributed by atoms with E-state index in [0.29, 0.717) is 0 Å². The Bertz CT molecular complexity index is 546. The maximum Gasteiger partial charge on any atom is 0.137 e. The molecule has 19 heavy (non-hydrogen) atoms. The minimum Gasteiger partial charge on any atom is -0.483 e. The second-order valence-electron chi connectivity index (χ2n) is 4.29. The predicted octanol–water partition coefficient (Wildman–Crippen LogP) is 4.20. The number of nitrogens with one attached hydrogen (secondary N) is 1. The van der Waals surface area contributed by atoms with Crippen LogP contribution in [-0.2, 0) is 6.42 Å². The highest BCUT2D eigenvalue weighted by atomic mass is 79.9. The molecular formula is C14H15BrClNOS. The normalized spacial score (nSPS) is 18.1. The van der Waals surface area contributed by atoms with E-state index in [2.05, 4.69) is 32.7 Å². The van der Waals surface area contributed by atoms with Crippen molar-refractivity contribution >= 4 is 39.7 Å². The molecule has 2 aromatic rings. The SMILES string of the molecule is Brc1ccccc1OC1CNCCc2sccc21.Cl. The molecule has 1 aromatic carbocycles. The largest absolute Gasteiger partial charge is 0.483 e.